The fourth-order valence-electron chi connectivity index (χ4n) is 3.61. The summed E-state index contributed by atoms with van der Waals surface area (Å²) in [5, 5.41) is 14.9. The predicted molar refractivity (Wildman–Crippen MR) is 75.4 cm³/mol. The van der Waals surface area contributed by atoms with Crippen LogP contribution in [0.3, 0.4) is 0 Å². The maximum atomic E-state index is 12.1. The molecule has 1 unspecified atom stereocenters. The van der Waals surface area contributed by atoms with Crippen molar-refractivity contribution in [2.45, 2.75) is 44.2 Å². The van der Waals surface area contributed by atoms with Crippen LogP contribution in [0.4, 0.5) is 0 Å². The summed E-state index contributed by atoms with van der Waals surface area (Å²) in [4.78, 5) is 25.9. The molecule has 2 bridgehead atoms. The molecule has 2 aliphatic rings. The Bertz CT molecular complexity index is 866. The van der Waals surface area contributed by atoms with E-state index in [1.165, 1.54) is 10.8 Å². The van der Waals surface area contributed by atoms with Crippen molar-refractivity contribution in [3.8, 4) is 0 Å². The molecular weight excluding hydrogens is 288 g/mol. The molecule has 1 saturated heterocycles. The van der Waals surface area contributed by atoms with Gasteiger partial charge >= 0.3 is 5.69 Å². The Morgan fingerprint density at radius 2 is 2.27 bits per heavy atom. The van der Waals surface area contributed by atoms with E-state index < -0.39 is 35.2 Å². The monoisotopic (exact) mass is 304 g/mol. The Morgan fingerprint density at radius 3 is 3.00 bits per heavy atom. The van der Waals surface area contributed by atoms with Crippen LogP contribution in [0.2, 0.25) is 0 Å². The van der Waals surface area contributed by atoms with Crippen LogP contribution >= 0.6 is 0 Å². The summed E-state index contributed by atoms with van der Waals surface area (Å²) >= 11 is 0. The highest BCUT2D eigenvalue weighted by atomic mass is 16.6. The second-order valence-electron chi connectivity index (χ2n) is 5.83. The van der Waals surface area contributed by atoms with Gasteiger partial charge in [0, 0.05) is 18.0 Å². The fraction of sp³-hybridized carbons (Fsp3) is 0.500. The summed E-state index contributed by atoms with van der Waals surface area (Å²) < 4.78 is 9.13. The largest absolute Gasteiger partial charge is 0.387 e. The zero-order chi connectivity index (χ0) is 15.6. The van der Waals surface area contributed by atoms with E-state index in [1.54, 1.807) is 17.8 Å². The van der Waals surface area contributed by atoms with E-state index in [0.717, 1.165) is 5.69 Å². The zero-order valence-electron chi connectivity index (χ0n) is 12.2. The molecule has 8 nitrogen and oxygen atoms in total. The molecule has 2 aliphatic heterocycles. The smallest absolute Gasteiger partial charge is 0.330 e. The Balaban J connectivity index is 1.90. The molecule has 0 saturated carbocycles. The van der Waals surface area contributed by atoms with Gasteiger partial charge in [0.1, 0.15) is 17.7 Å². The van der Waals surface area contributed by atoms with Gasteiger partial charge in [-0.25, -0.2) is 4.79 Å². The lowest BCUT2D eigenvalue weighted by Gasteiger charge is -2.31. The first-order valence-corrected chi connectivity index (χ1v) is 7.21. The number of hydrogen-bond donors (Lipinski definition) is 2. The SMILES string of the molecule is CC[C@]12O[C@@H](n3cc(C)c(=O)[nH]c3=O)[C@H](C1O)n1nccc12. The number of nitrogens with one attached hydrogen (secondary N) is 1. The van der Waals surface area contributed by atoms with Crippen LogP contribution in [-0.2, 0) is 10.3 Å². The third kappa shape index (κ3) is 1.41. The summed E-state index contributed by atoms with van der Waals surface area (Å²) in [5.41, 5.74) is -0.616. The minimum atomic E-state index is -0.866. The van der Waals surface area contributed by atoms with Crippen LogP contribution in [0.25, 0.3) is 0 Å². The second kappa shape index (κ2) is 4.17. The lowest BCUT2D eigenvalue weighted by molar-refractivity contribution is -0.122. The number of aromatic nitrogens is 4. The summed E-state index contributed by atoms with van der Waals surface area (Å²) in [6, 6.07) is 1.33. The molecule has 0 spiro atoms. The van der Waals surface area contributed by atoms with Crippen LogP contribution in [-0.4, -0.2) is 30.5 Å². The molecule has 0 aromatic carbocycles. The average Bonchev–Trinajstić information content (AvgIpc) is 3.12. The van der Waals surface area contributed by atoms with Crippen LogP contribution in [0.15, 0.2) is 28.0 Å². The first-order valence-electron chi connectivity index (χ1n) is 7.21. The number of fused-ring (bicyclic) bond motifs is 5. The van der Waals surface area contributed by atoms with E-state index >= 15 is 0 Å². The Kier molecular flexibility index (Phi) is 2.56. The van der Waals surface area contributed by atoms with Gasteiger partial charge in [-0.15, -0.1) is 0 Å². The van der Waals surface area contributed by atoms with E-state index in [4.69, 9.17) is 4.74 Å². The van der Waals surface area contributed by atoms with Crippen LogP contribution in [0.1, 0.15) is 36.9 Å². The van der Waals surface area contributed by atoms with Crippen LogP contribution in [0, 0.1) is 6.92 Å². The molecule has 2 aromatic heterocycles. The summed E-state index contributed by atoms with van der Waals surface area (Å²) in [5.74, 6) is 0. The number of aliphatic hydroxyl groups is 1. The van der Waals surface area contributed by atoms with E-state index in [2.05, 4.69) is 10.1 Å². The number of hydrogen-bond acceptors (Lipinski definition) is 5. The van der Waals surface area contributed by atoms with Gasteiger partial charge in [0.2, 0.25) is 0 Å². The Hall–Kier alpha value is -2.19. The molecule has 4 atom stereocenters. The molecule has 0 amide bonds. The van der Waals surface area contributed by atoms with Crippen LogP contribution < -0.4 is 11.2 Å². The summed E-state index contributed by atoms with van der Waals surface area (Å²) in [6.07, 6.45) is 2.19. The van der Waals surface area contributed by atoms with Crippen molar-refractivity contribution in [3.05, 3.63) is 50.6 Å². The highest BCUT2D eigenvalue weighted by molar-refractivity contribution is 5.26. The van der Waals surface area contributed by atoms with Crippen molar-refractivity contribution < 1.29 is 9.84 Å². The molecule has 1 fully saturated rings. The zero-order valence-corrected chi connectivity index (χ0v) is 12.2. The van der Waals surface area contributed by atoms with E-state index in [1.807, 2.05) is 13.0 Å². The summed E-state index contributed by atoms with van der Waals surface area (Å²) in [7, 11) is 0. The van der Waals surface area contributed by atoms with Gasteiger partial charge in [-0.3, -0.25) is 19.0 Å². The maximum Gasteiger partial charge on any atom is 0.330 e. The van der Waals surface area contributed by atoms with E-state index in [-0.39, 0.29) is 0 Å². The third-order valence-corrected chi connectivity index (χ3v) is 4.76. The summed E-state index contributed by atoms with van der Waals surface area (Å²) in [6.45, 7) is 3.54. The standard InChI is InChI=1S/C14H16N4O4/c1-3-14-8-4-5-15-18(8)9(10(14)19)12(22-14)17-6-7(2)11(20)16-13(17)21/h4-6,9-10,12,19H,3H2,1-2H3,(H,16,20,21)/t9-,10?,12+,14+/m0/s1. The van der Waals surface area contributed by atoms with Gasteiger partial charge in [-0.2, -0.15) is 5.10 Å². The number of rotatable bonds is 2. The molecular formula is C14H16N4O4. The minimum absolute atomic E-state index is 0.409. The van der Waals surface area contributed by atoms with E-state index in [0.29, 0.717) is 12.0 Å². The number of aryl methyl sites for hydroxylation is 1. The predicted octanol–water partition coefficient (Wildman–Crippen LogP) is -0.209. The molecule has 0 radical (unpaired) electrons. The second-order valence-corrected chi connectivity index (χ2v) is 5.83. The minimum Gasteiger partial charge on any atom is -0.387 e. The molecule has 2 aromatic rings. The normalized spacial score (nSPS) is 32.4. The lowest BCUT2D eigenvalue weighted by Crippen LogP contribution is -2.38. The van der Waals surface area contributed by atoms with Crippen molar-refractivity contribution in [1.29, 1.82) is 0 Å². The number of H-pyrrole nitrogens is 1. The van der Waals surface area contributed by atoms with Crippen molar-refractivity contribution in [2.75, 3.05) is 0 Å². The van der Waals surface area contributed by atoms with Gasteiger partial charge in [0.15, 0.2) is 6.23 Å². The quantitative estimate of drug-likeness (QED) is 0.799. The third-order valence-electron chi connectivity index (χ3n) is 4.76. The number of nitrogens with zero attached hydrogens (tertiary/aromatic N) is 3. The van der Waals surface area contributed by atoms with E-state index in [9.17, 15) is 14.7 Å². The van der Waals surface area contributed by atoms with Crippen LogP contribution in [0.5, 0.6) is 0 Å². The van der Waals surface area contributed by atoms with Gasteiger partial charge in [0.05, 0.1) is 5.69 Å². The molecule has 8 heteroatoms. The van der Waals surface area contributed by atoms with Crippen molar-refractivity contribution in [2.24, 2.45) is 0 Å². The average molecular weight is 304 g/mol. The van der Waals surface area contributed by atoms with Gasteiger partial charge in [-0.1, -0.05) is 6.92 Å². The Labute approximate surface area is 125 Å². The first kappa shape index (κ1) is 13.5. The number of ether oxygens (including phenoxy) is 1. The lowest BCUT2D eigenvalue weighted by atomic mass is 9.92. The molecule has 4 rings (SSSR count). The topological polar surface area (TPSA) is 102 Å². The molecule has 0 aliphatic carbocycles. The molecule has 116 valence electrons. The van der Waals surface area contributed by atoms with Gasteiger partial charge < -0.3 is 9.84 Å². The van der Waals surface area contributed by atoms with Crippen molar-refractivity contribution >= 4 is 0 Å². The van der Waals surface area contributed by atoms with Gasteiger partial charge in [-0.05, 0) is 19.4 Å². The maximum absolute atomic E-state index is 12.1. The molecule has 4 heterocycles. The van der Waals surface area contributed by atoms with Crippen molar-refractivity contribution in [1.82, 2.24) is 19.3 Å². The fourth-order valence-corrected chi connectivity index (χ4v) is 3.61. The molecule has 22 heavy (non-hydrogen) atoms. The van der Waals surface area contributed by atoms with Gasteiger partial charge in [0.25, 0.3) is 5.56 Å². The highest BCUT2D eigenvalue weighted by Crippen LogP contribution is 2.56. The first-order chi connectivity index (χ1) is 10.5. The Morgan fingerprint density at radius 1 is 1.50 bits per heavy atom. The molecule has 2 N–H and O–H groups in total. The highest BCUT2D eigenvalue weighted by Gasteiger charge is 2.63. The number of aliphatic hydroxyl groups excluding tert-OH is 1. The van der Waals surface area contributed by atoms with Crippen molar-refractivity contribution in [3.63, 3.8) is 0 Å². The number of aromatic amines is 1.